The van der Waals surface area contributed by atoms with E-state index in [-0.39, 0.29) is 12.4 Å². The molecule has 0 amide bonds. The van der Waals surface area contributed by atoms with Crippen LogP contribution in [-0.2, 0) is 0 Å². The third kappa shape index (κ3) is 3.32. The number of carbonyl (C=O) groups excluding carboxylic acids is 1. The molecule has 2 aromatic carbocycles. The fraction of sp³-hybridized carbons (Fsp3) is 0.133. The van der Waals surface area contributed by atoms with Crippen LogP contribution in [0.5, 0.6) is 5.75 Å². The molecular formula is C15H13IO2. The van der Waals surface area contributed by atoms with Crippen LogP contribution in [0, 0.1) is 10.5 Å². The highest BCUT2D eigenvalue weighted by atomic mass is 127. The zero-order valence-electron chi connectivity index (χ0n) is 10.0. The summed E-state index contributed by atoms with van der Waals surface area (Å²) in [7, 11) is 0. The highest BCUT2D eigenvalue weighted by Gasteiger charge is 2.09. The first-order valence-corrected chi connectivity index (χ1v) is 6.72. The molecule has 0 heterocycles. The van der Waals surface area contributed by atoms with E-state index in [4.69, 9.17) is 4.74 Å². The lowest BCUT2D eigenvalue weighted by molar-refractivity contribution is 0.0921. The molecule has 18 heavy (non-hydrogen) atoms. The third-order valence-corrected chi connectivity index (χ3v) is 3.28. The zero-order valence-corrected chi connectivity index (χ0v) is 12.2. The van der Waals surface area contributed by atoms with E-state index in [0.29, 0.717) is 0 Å². The van der Waals surface area contributed by atoms with E-state index in [9.17, 15) is 4.79 Å². The summed E-state index contributed by atoms with van der Waals surface area (Å²) in [5, 5.41) is 0. The Hall–Kier alpha value is -1.36. The molecule has 0 aliphatic carbocycles. The Morgan fingerprint density at radius 3 is 2.67 bits per heavy atom. The molecule has 0 aliphatic rings. The summed E-state index contributed by atoms with van der Waals surface area (Å²) >= 11 is 2.21. The second kappa shape index (κ2) is 6.00. The van der Waals surface area contributed by atoms with Crippen LogP contribution >= 0.6 is 22.6 Å². The standard InChI is InChI=1S/C15H13IO2/c1-11-5-2-3-8-14(11)15(17)10-18-13-7-4-6-12(16)9-13/h2-9H,10H2,1H3. The van der Waals surface area contributed by atoms with Crippen molar-refractivity contribution >= 4 is 28.4 Å². The van der Waals surface area contributed by atoms with Crippen molar-refractivity contribution in [3.05, 3.63) is 63.2 Å². The van der Waals surface area contributed by atoms with Gasteiger partial charge in [0.05, 0.1) is 0 Å². The van der Waals surface area contributed by atoms with Crippen molar-refractivity contribution in [2.24, 2.45) is 0 Å². The fourth-order valence-corrected chi connectivity index (χ4v) is 2.18. The number of benzene rings is 2. The maximum Gasteiger partial charge on any atom is 0.200 e. The molecule has 0 aliphatic heterocycles. The Morgan fingerprint density at radius 2 is 1.94 bits per heavy atom. The van der Waals surface area contributed by atoms with Gasteiger partial charge in [0.25, 0.3) is 0 Å². The van der Waals surface area contributed by atoms with E-state index < -0.39 is 0 Å². The van der Waals surface area contributed by atoms with E-state index in [0.717, 1.165) is 20.4 Å². The topological polar surface area (TPSA) is 26.3 Å². The number of carbonyl (C=O) groups is 1. The predicted molar refractivity (Wildman–Crippen MR) is 80.2 cm³/mol. The minimum atomic E-state index is 0.00645. The van der Waals surface area contributed by atoms with Crippen molar-refractivity contribution in [2.75, 3.05) is 6.61 Å². The molecule has 92 valence electrons. The molecule has 2 aromatic rings. The fourth-order valence-electron chi connectivity index (χ4n) is 1.67. The second-order valence-electron chi connectivity index (χ2n) is 3.98. The minimum absolute atomic E-state index is 0.00645. The van der Waals surface area contributed by atoms with E-state index in [1.54, 1.807) is 0 Å². The zero-order chi connectivity index (χ0) is 13.0. The first-order valence-electron chi connectivity index (χ1n) is 5.64. The number of ketones is 1. The van der Waals surface area contributed by atoms with E-state index >= 15 is 0 Å². The number of rotatable bonds is 4. The number of hydrogen-bond donors (Lipinski definition) is 0. The Bertz CT molecular complexity index is 564. The molecule has 0 bridgehead atoms. The van der Waals surface area contributed by atoms with Crippen molar-refractivity contribution in [2.45, 2.75) is 6.92 Å². The second-order valence-corrected chi connectivity index (χ2v) is 5.23. The van der Waals surface area contributed by atoms with Crippen LogP contribution in [-0.4, -0.2) is 12.4 Å². The van der Waals surface area contributed by atoms with Gasteiger partial charge in [0.15, 0.2) is 12.4 Å². The maximum atomic E-state index is 12.0. The molecule has 2 nitrogen and oxygen atoms in total. The summed E-state index contributed by atoms with van der Waals surface area (Å²) in [6, 6.07) is 15.2. The molecule has 0 spiro atoms. The summed E-state index contributed by atoms with van der Waals surface area (Å²) in [5.74, 6) is 0.732. The smallest absolute Gasteiger partial charge is 0.200 e. The molecule has 0 radical (unpaired) electrons. The summed E-state index contributed by atoms with van der Waals surface area (Å²) in [4.78, 5) is 12.0. The molecule has 0 aromatic heterocycles. The van der Waals surface area contributed by atoms with E-state index in [1.165, 1.54) is 0 Å². The monoisotopic (exact) mass is 352 g/mol. The van der Waals surface area contributed by atoms with Gasteiger partial charge in [-0.2, -0.15) is 0 Å². The quantitative estimate of drug-likeness (QED) is 0.617. The molecule has 0 unspecified atom stereocenters. The first-order chi connectivity index (χ1) is 8.66. The SMILES string of the molecule is Cc1ccccc1C(=O)COc1cccc(I)c1. The summed E-state index contributed by atoms with van der Waals surface area (Å²) in [5.41, 5.74) is 1.71. The first kappa shape index (κ1) is 13.1. The number of ether oxygens (including phenoxy) is 1. The molecule has 0 N–H and O–H groups in total. The highest BCUT2D eigenvalue weighted by Crippen LogP contribution is 2.15. The normalized spacial score (nSPS) is 10.1. The molecule has 0 saturated carbocycles. The van der Waals surface area contributed by atoms with Crippen LogP contribution in [0.4, 0.5) is 0 Å². The Morgan fingerprint density at radius 1 is 1.17 bits per heavy atom. The van der Waals surface area contributed by atoms with Gasteiger partial charge >= 0.3 is 0 Å². The Kier molecular flexibility index (Phi) is 4.36. The number of aryl methyl sites for hydroxylation is 1. The van der Waals surface area contributed by atoms with Crippen molar-refractivity contribution in [1.82, 2.24) is 0 Å². The van der Waals surface area contributed by atoms with Crippen LogP contribution in [0.3, 0.4) is 0 Å². The van der Waals surface area contributed by atoms with Crippen LogP contribution in [0.25, 0.3) is 0 Å². The summed E-state index contributed by atoms with van der Waals surface area (Å²) in [6.45, 7) is 2.00. The van der Waals surface area contributed by atoms with Gasteiger partial charge in [-0.05, 0) is 53.3 Å². The predicted octanol–water partition coefficient (Wildman–Crippen LogP) is 3.86. The van der Waals surface area contributed by atoms with E-state index in [2.05, 4.69) is 22.6 Å². The van der Waals surface area contributed by atoms with Gasteiger partial charge in [-0.3, -0.25) is 4.79 Å². The summed E-state index contributed by atoms with van der Waals surface area (Å²) < 4.78 is 6.59. The maximum absolute atomic E-state index is 12.0. The van der Waals surface area contributed by atoms with Crippen LogP contribution in [0.15, 0.2) is 48.5 Å². The largest absolute Gasteiger partial charge is 0.485 e. The van der Waals surface area contributed by atoms with Crippen molar-refractivity contribution in [3.8, 4) is 5.75 Å². The number of Topliss-reactive ketones (excluding diaryl/α,β-unsaturated/α-hetero) is 1. The number of hydrogen-bond acceptors (Lipinski definition) is 2. The Balaban J connectivity index is 2.03. The van der Waals surface area contributed by atoms with E-state index in [1.807, 2.05) is 55.5 Å². The van der Waals surface area contributed by atoms with Crippen molar-refractivity contribution in [1.29, 1.82) is 0 Å². The average Bonchev–Trinajstić information content (AvgIpc) is 2.37. The minimum Gasteiger partial charge on any atom is -0.485 e. The van der Waals surface area contributed by atoms with Gasteiger partial charge < -0.3 is 4.74 Å². The molecular weight excluding hydrogens is 339 g/mol. The van der Waals surface area contributed by atoms with Gasteiger partial charge in [0.1, 0.15) is 5.75 Å². The molecule has 0 saturated heterocycles. The van der Waals surface area contributed by atoms with Gasteiger partial charge in [0.2, 0.25) is 0 Å². The van der Waals surface area contributed by atoms with Gasteiger partial charge in [-0.15, -0.1) is 0 Å². The van der Waals surface area contributed by atoms with Gasteiger partial charge in [-0.25, -0.2) is 0 Å². The van der Waals surface area contributed by atoms with Crippen LogP contribution in [0.2, 0.25) is 0 Å². The molecule has 3 heteroatoms. The average molecular weight is 352 g/mol. The highest BCUT2D eigenvalue weighted by molar-refractivity contribution is 14.1. The van der Waals surface area contributed by atoms with Crippen molar-refractivity contribution in [3.63, 3.8) is 0 Å². The van der Waals surface area contributed by atoms with Crippen LogP contribution in [0.1, 0.15) is 15.9 Å². The lowest BCUT2D eigenvalue weighted by Crippen LogP contribution is -2.12. The number of halogens is 1. The molecule has 2 rings (SSSR count). The van der Waals surface area contributed by atoms with Crippen molar-refractivity contribution < 1.29 is 9.53 Å². The Labute approximate surface area is 120 Å². The van der Waals surface area contributed by atoms with Crippen LogP contribution < -0.4 is 4.74 Å². The summed E-state index contributed by atoms with van der Waals surface area (Å²) in [6.07, 6.45) is 0. The lowest BCUT2D eigenvalue weighted by atomic mass is 10.1. The lowest BCUT2D eigenvalue weighted by Gasteiger charge is -2.07. The molecule has 0 atom stereocenters. The molecule has 0 fully saturated rings. The third-order valence-electron chi connectivity index (χ3n) is 2.61. The van der Waals surface area contributed by atoms with Gasteiger partial charge in [-0.1, -0.05) is 30.3 Å². The van der Waals surface area contributed by atoms with Gasteiger partial charge in [0, 0.05) is 9.13 Å².